The highest BCUT2D eigenvalue weighted by molar-refractivity contribution is 5.33. The fourth-order valence-corrected chi connectivity index (χ4v) is 1.32. The molecule has 80 valence electrons. The SMILES string of the molecule is CC(C)CNCc1cc(F)cc(C#N)c1. The van der Waals surface area contributed by atoms with Crippen molar-refractivity contribution in [3.63, 3.8) is 0 Å². The van der Waals surface area contributed by atoms with Crippen LogP contribution in [0.15, 0.2) is 18.2 Å². The predicted octanol–water partition coefficient (Wildman–Crippen LogP) is 2.44. The Hall–Kier alpha value is -1.40. The first-order chi connectivity index (χ1) is 7.11. The Bertz CT molecular complexity index is 366. The highest BCUT2D eigenvalue weighted by atomic mass is 19.1. The monoisotopic (exact) mass is 206 g/mol. The van der Waals surface area contributed by atoms with Gasteiger partial charge in [0, 0.05) is 6.54 Å². The normalized spacial score (nSPS) is 10.3. The van der Waals surface area contributed by atoms with Gasteiger partial charge in [-0.25, -0.2) is 4.39 Å². The van der Waals surface area contributed by atoms with E-state index in [4.69, 9.17) is 5.26 Å². The van der Waals surface area contributed by atoms with E-state index in [2.05, 4.69) is 19.2 Å². The summed E-state index contributed by atoms with van der Waals surface area (Å²) in [6, 6.07) is 6.34. The third-order valence-corrected chi connectivity index (χ3v) is 1.97. The van der Waals surface area contributed by atoms with Crippen LogP contribution in [0.3, 0.4) is 0 Å². The maximum atomic E-state index is 13.0. The lowest BCUT2D eigenvalue weighted by Gasteiger charge is -2.07. The molecule has 0 amide bonds. The number of hydrogen-bond donors (Lipinski definition) is 1. The molecule has 0 aromatic heterocycles. The zero-order valence-electron chi connectivity index (χ0n) is 9.05. The molecule has 0 bridgehead atoms. The summed E-state index contributed by atoms with van der Waals surface area (Å²) in [6.45, 7) is 5.71. The Kier molecular flexibility index (Phi) is 4.26. The predicted molar refractivity (Wildman–Crippen MR) is 57.7 cm³/mol. The molecule has 0 aliphatic carbocycles. The van der Waals surface area contributed by atoms with E-state index < -0.39 is 0 Å². The van der Waals surface area contributed by atoms with Gasteiger partial charge in [-0.2, -0.15) is 5.26 Å². The summed E-state index contributed by atoms with van der Waals surface area (Å²) in [5, 5.41) is 11.9. The Labute approximate surface area is 89.7 Å². The molecule has 0 fully saturated rings. The molecular weight excluding hydrogens is 191 g/mol. The van der Waals surface area contributed by atoms with Gasteiger partial charge >= 0.3 is 0 Å². The number of rotatable bonds is 4. The maximum absolute atomic E-state index is 13.0. The third kappa shape index (κ3) is 4.09. The molecule has 0 radical (unpaired) electrons. The molecule has 3 heteroatoms. The first kappa shape index (κ1) is 11.7. The molecule has 0 saturated heterocycles. The van der Waals surface area contributed by atoms with E-state index in [1.807, 2.05) is 6.07 Å². The Balaban J connectivity index is 2.61. The van der Waals surface area contributed by atoms with Crippen molar-refractivity contribution in [3.8, 4) is 6.07 Å². The smallest absolute Gasteiger partial charge is 0.124 e. The molecule has 0 aliphatic rings. The second kappa shape index (κ2) is 5.47. The molecule has 2 nitrogen and oxygen atoms in total. The molecule has 1 aromatic carbocycles. The van der Waals surface area contributed by atoms with Crippen LogP contribution < -0.4 is 5.32 Å². The first-order valence-corrected chi connectivity index (χ1v) is 5.02. The van der Waals surface area contributed by atoms with Crippen LogP contribution in [0, 0.1) is 23.1 Å². The highest BCUT2D eigenvalue weighted by Crippen LogP contribution is 2.08. The van der Waals surface area contributed by atoms with E-state index in [1.165, 1.54) is 12.1 Å². The van der Waals surface area contributed by atoms with Gasteiger partial charge in [-0.05, 0) is 36.2 Å². The standard InChI is InChI=1S/C12H15FN2/c1-9(2)7-15-8-11-3-10(6-14)4-12(13)5-11/h3-5,9,15H,7-8H2,1-2H3. The van der Waals surface area contributed by atoms with E-state index in [0.29, 0.717) is 18.0 Å². The molecular formula is C12H15FN2. The summed E-state index contributed by atoms with van der Waals surface area (Å²) in [5.74, 6) is 0.212. The summed E-state index contributed by atoms with van der Waals surface area (Å²) in [4.78, 5) is 0. The van der Waals surface area contributed by atoms with Crippen LogP contribution in [0.25, 0.3) is 0 Å². The topological polar surface area (TPSA) is 35.8 Å². The van der Waals surface area contributed by atoms with Gasteiger partial charge < -0.3 is 5.32 Å². The van der Waals surface area contributed by atoms with Crippen molar-refractivity contribution in [1.29, 1.82) is 5.26 Å². The van der Waals surface area contributed by atoms with E-state index in [9.17, 15) is 4.39 Å². The zero-order chi connectivity index (χ0) is 11.3. The van der Waals surface area contributed by atoms with Crippen LogP contribution >= 0.6 is 0 Å². The van der Waals surface area contributed by atoms with Crippen molar-refractivity contribution >= 4 is 0 Å². The minimum Gasteiger partial charge on any atom is -0.312 e. The molecule has 0 saturated carbocycles. The molecule has 1 N–H and O–H groups in total. The minimum absolute atomic E-state index is 0.351. The average Bonchev–Trinajstić information content (AvgIpc) is 2.16. The summed E-state index contributed by atoms with van der Waals surface area (Å²) in [6.07, 6.45) is 0. The quantitative estimate of drug-likeness (QED) is 0.821. The highest BCUT2D eigenvalue weighted by Gasteiger charge is 2.00. The van der Waals surface area contributed by atoms with Gasteiger partial charge in [0.25, 0.3) is 0 Å². The first-order valence-electron chi connectivity index (χ1n) is 5.02. The van der Waals surface area contributed by atoms with Crippen LogP contribution in [0.1, 0.15) is 25.0 Å². The molecule has 0 heterocycles. The molecule has 1 aromatic rings. The zero-order valence-corrected chi connectivity index (χ0v) is 9.05. The second-order valence-corrected chi connectivity index (χ2v) is 3.98. The molecule has 1 rings (SSSR count). The van der Waals surface area contributed by atoms with E-state index in [1.54, 1.807) is 6.07 Å². The van der Waals surface area contributed by atoms with E-state index in [0.717, 1.165) is 12.1 Å². The lowest BCUT2D eigenvalue weighted by atomic mass is 10.1. The molecule has 0 atom stereocenters. The third-order valence-electron chi connectivity index (χ3n) is 1.97. The number of nitrogens with zero attached hydrogens (tertiary/aromatic N) is 1. The van der Waals surface area contributed by atoms with Gasteiger partial charge in [0.15, 0.2) is 0 Å². The Morgan fingerprint density at radius 3 is 2.73 bits per heavy atom. The average molecular weight is 206 g/mol. The van der Waals surface area contributed by atoms with Gasteiger partial charge in [-0.3, -0.25) is 0 Å². The van der Waals surface area contributed by atoms with Gasteiger partial charge in [-0.15, -0.1) is 0 Å². The van der Waals surface area contributed by atoms with Crippen molar-refractivity contribution in [2.75, 3.05) is 6.54 Å². The fraction of sp³-hybridized carbons (Fsp3) is 0.417. The Morgan fingerprint density at radius 2 is 2.13 bits per heavy atom. The lowest BCUT2D eigenvalue weighted by Crippen LogP contribution is -2.19. The summed E-state index contributed by atoms with van der Waals surface area (Å²) in [5.41, 5.74) is 1.18. The van der Waals surface area contributed by atoms with Gasteiger partial charge in [-0.1, -0.05) is 13.8 Å². The molecule has 0 spiro atoms. The number of nitriles is 1. The van der Waals surface area contributed by atoms with Crippen molar-refractivity contribution in [2.45, 2.75) is 20.4 Å². The Morgan fingerprint density at radius 1 is 1.40 bits per heavy atom. The van der Waals surface area contributed by atoms with Gasteiger partial charge in [0.05, 0.1) is 11.6 Å². The van der Waals surface area contributed by atoms with Crippen LogP contribution in [-0.4, -0.2) is 6.54 Å². The van der Waals surface area contributed by atoms with Crippen molar-refractivity contribution in [2.24, 2.45) is 5.92 Å². The van der Waals surface area contributed by atoms with Crippen LogP contribution in [0.5, 0.6) is 0 Å². The second-order valence-electron chi connectivity index (χ2n) is 3.98. The van der Waals surface area contributed by atoms with Gasteiger partial charge in [0.1, 0.15) is 5.82 Å². The van der Waals surface area contributed by atoms with E-state index >= 15 is 0 Å². The number of hydrogen-bond acceptors (Lipinski definition) is 2. The molecule has 0 unspecified atom stereocenters. The molecule has 15 heavy (non-hydrogen) atoms. The van der Waals surface area contributed by atoms with Crippen LogP contribution in [-0.2, 0) is 6.54 Å². The number of halogens is 1. The summed E-state index contributed by atoms with van der Waals surface area (Å²) < 4.78 is 13.0. The van der Waals surface area contributed by atoms with Crippen molar-refractivity contribution in [1.82, 2.24) is 5.32 Å². The lowest BCUT2D eigenvalue weighted by molar-refractivity contribution is 0.550. The fourth-order valence-electron chi connectivity index (χ4n) is 1.32. The molecule has 0 aliphatic heterocycles. The van der Waals surface area contributed by atoms with Crippen LogP contribution in [0.4, 0.5) is 4.39 Å². The largest absolute Gasteiger partial charge is 0.312 e. The van der Waals surface area contributed by atoms with Crippen LogP contribution in [0.2, 0.25) is 0 Å². The van der Waals surface area contributed by atoms with Gasteiger partial charge in [0.2, 0.25) is 0 Å². The number of nitrogens with one attached hydrogen (secondary N) is 1. The van der Waals surface area contributed by atoms with Crippen molar-refractivity contribution in [3.05, 3.63) is 35.1 Å². The minimum atomic E-state index is -0.351. The summed E-state index contributed by atoms with van der Waals surface area (Å²) in [7, 11) is 0. The maximum Gasteiger partial charge on any atom is 0.124 e. The van der Waals surface area contributed by atoms with Crippen molar-refractivity contribution < 1.29 is 4.39 Å². The van der Waals surface area contributed by atoms with E-state index in [-0.39, 0.29) is 5.82 Å². The summed E-state index contributed by atoms with van der Waals surface area (Å²) >= 11 is 0. The number of benzene rings is 1.